The molecule has 0 aromatic heterocycles. The van der Waals surface area contributed by atoms with Crippen molar-refractivity contribution in [2.75, 3.05) is 6.54 Å². The molecule has 0 atom stereocenters. The lowest BCUT2D eigenvalue weighted by molar-refractivity contribution is -0.126. The Kier molecular flexibility index (Phi) is 5.21. The highest BCUT2D eigenvalue weighted by molar-refractivity contribution is 7.80. The van der Waals surface area contributed by atoms with E-state index >= 15 is 0 Å². The molecule has 0 aliphatic carbocycles. The lowest BCUT2D eigenvalue weighted by atomic mass is 9.92. The molecule has 5 N–H and O–H groups in total. The minimum Gasteiger partial charge on any atom is -0.392 e. The normalized spacial score (nSPS) is 10.8. The maximum absolute atomic E-state index is 11.6. The highest BCUT2D eigenvalue weighted by Crippen LogP contribution is 2.15. The topological polar surface area (TPSA) is 98.2 Å². The van der Waals surface area contributed by atoms with Crippen molar-refractivity contribution in [3.8, 4) is 0 Å². The van der Waals surface area contributed by atoms with Crippen LogP contribution in [0, 0.1) is 5.41 Å². The Balaban J connectivity index is 3.94. The van der Waals surface area contributed by atoms with E-state index in [1.807, 2.05) is 0 Å². The first-order chi connectivity index (χ1) is 6.78. The van der Waals surface area contributed by atoms with Gasteiger partial charge in [-0.05, 0) is 20.3 Å². The maximum Gasteiger partial charge on any atom is 0.232 e. The summed E-state index contributed by atoms with van der Waals surface area (Å²) in [5.41, 5.74) is 9.51. The number of nitrogens with two attached hydrogens (primary N) is 2. The van der Waals surface area contributed by atoms with Crippen LogP contribution in [0.15, 0.2) is 0 Å². The largest absolute Gasteiger partial charge is 0.392 e. The lowest BCUT2D eigenvalue weighted by Crippen LogP contribution is -2.45. The summed E-state index contributed by atoms with van der Waals surface area (Å²) >= 11 is 4.77. The first-order valence-corrected chi connectivity index (χ1v) is 5.06. The zero-order valence-corrected chi connectivity index (χ0v) is 9.82. The Morgan fingerprint density at radius 1 is 1.33 bits per heavy atom. The molecule has 2 amide bonds. The van der Waals surface area contributed by atoms with Crippen LogP contribution >= 0.6 is 12.2 Å². The summed E-state index contributed by atoms with van der Waals surface area (Å²) in [6.45, 7) is 3.70. The average Bonchev–Trinajstić information content (AvgIpc) is 2.11. The van der Waals surface area contributed by atoms with Crippen molar-refractivity contribution < 1.29 is 9.59 Å². The van der Waals surface area contributed by atoms with Gasteiger partial charge in [0.15, 0.2) is 0 Å². The second-order valence-corrected chi connectivity index (χ2v) is 4.25. The van der Waals surface area contributed by atoms with Crippen LogP contribution in [0.1, 0.15) is 26.7 Å². The summed E-state index contributed by atoms with van der Waals surface area (Å²) in [4.78, 5) is 22.1. The minimum atomic E-state index is -0.859. The number of thiocarbonyl (C=S) groups is 1. The number of hydrogen-bond acceptors (Lipinski definition) is 3. The number of nitrogens with one attached hydrogen (secondary N) is 1. The molecule has 0 spiro atoms. The van der Waals surface area contributed by atoms with Crippen molar-refractivity contribution in [2.24, 2.45) is 16.9 Å². The molecule has 0 bridgehead atoms. The second kappa shape index (κ2) is 5.65. The predicted molar refractivity (Wildman–Crippen MR) is 62.0 cm³/mol. The molecule has 0 unspecified atom stereocenters. The molecule has 0 aliphatic heterocycles. The number of rotatable bonds is 6. The van der Waals surface area contributed by atoms with Crippen LogP contribution in [0.2, 0.25) is 0 Å². The Morgan fingerprint density at radius 3 is 2.27 bits per heavy atom. The zero-order valence-electron chi connectivity index (χ0n) is 9.00. The fourth-order valence-corrected chi connectivity index (χ4v) is 0.890. The number of primary amides is 1. The molecule has 0 saturated carbocycles. The van der Waals surface area contributed by atoms with Gasteiger partial charge in [0, 0.05) is 13.0 Å². The second-order valence-electron chi connectivity index (χ2n) is 3.82. The van der Waals surface area contributed by atoms with E-state index in [2.05, 4.69) is 5.32 Å². The Hall–Kier alpha value is -1.17. The number of amides is 2. The summed E-state index contributed by atoms with van der Waals surface area (Å²) in [7, 11) is 0. The number of carbonyl (C=O) groups is 2. The van der Waals surface area contributed by atoms with Gasteiger partial charge in [0.1, 0.15) is 0 Å². The van der Waals surface area contributed by atoms with Crippen LogP contribution in [-0.2, 0) is 9.59 Å². The van der Waals surface area contributed by atoms with E-state index in [1.54, 1.807) is 13.8 Å². The number of hydrogen-bond donors (Lipinski definition) is 3. The lowest BCUT2D eigenvalue weighted by Gasteiger charge is -2.21. The van der Waals surface area contributed by atoms with E-state index in [4.69, 9.17) is 23.7 Å². The summed E-state index contributed by atoms with van der Waals surface area (Å²) in [5.74, 6) is -0.614. The van der Waals surface area contributed by atoms with Gasteiger partial charge in [-0.25, -0.2) is 0 Å². The first kappa shape index (κ1) is 13.8. The van der Waals surface area contributed by atoms with E-state index in [1.165, 1.54) is 0 Å². The third-order valence-corrected chi connectivity index (χ3v) is 2.58. The Morgan fingerprint density at radius 2 is 1.87 bits per heavy atom. The highest BCUT2D eigenvalue weighted by Gasteiger charge is 2.30. The van der Waals surface area contributed by atoms with Crippen molar-refractivity contribution in [2.45, 2.75) is 26.7 Å². The highest BCUT2D eigenvalue weighted by atomic mass is 32.1. The molecule has 86 valence electrons. The van der Waals surface area contributed by atoms with Gasteiger partial charge in [-0.3, -0.25) is 9.59 Å². The smallest absolute Gasteiger partial charge is 0.232 e. The predicted octanol–water partition coefficient (Wildman–Crippen LogP) is -0.320. The van der Waals surface area contributed by atoms with E-state index in [0.717, 1.165) is 0 Å². The monoisotopic (exact) mass is 231 g/mol. The van der Waals surface area contributed by atoms with E-state index in [9.17, 15) is 9.59 Å². The van der Waals surface area contributed by atoms with Crippen LogP contribution in [0.5, 0.6) is 0 Å². The Labute approximate surface area is 94.6 Å². The molecule has 0 aromatic rings. The number of carbonyl (C=O) groups excluding carboxylic acids is 2. The molecule has 5 nitrogen and oxygen atoms in total. The summed E-state index contributed by atoms with van der Waals surface area (Å²) in [6, 6.07) is 0. The van der Waals surface area contributed by atoms with Gasteiger partial charge < -0.3 is 16.8 Å². The van der Waals surface area contributed by atoms with Gasteiger partial charge in [-0.15, -0.1) is 0 Å². The summed E-state index contributed by atoms with van der Waals surface area (Å²) in [5, 5.41) is 2.65. The van der Waals surface area contributed by atoms with E-state index in [-0.39, 0.29) is 23.2 Å². The first-order valence-electron chi connectivity index (χ1n) is 4.65. The van der Waals surface area contributed by atoms with Crippen LogP contribution in [0.25, 0.3) is 0 Å². The molecule has 0 rings (SSSR count). The van der Waals surface area contributed by atoms with Crippen molar-refractivity contribution >= 4 is 29.0 Å². The maximum atomic E-state index is 11.6. The molecule has 0 aromatic carbocycles. The summed E-state index contributed by atoms with van der Waals surface area (Å²) in [6.07, 6.45) is 0.780. The van der Waals surface area contributed by atoms with Gasteiger partial charge in [-0.2, -0.15) is 0 Å². The fourth-order valence-electron chi connectivity index (χ4n) is 0.797. The molecule has 6 heteroatoms. The van der Waals surface area contributed by atoms with Crippen molar-refractivity contribution in [1.82, 2.24) is 5.32 Å². The van der Waals surface area contributed by atoms with E-state index < -0.39 is 5.41 Å². The molecule has 0 aliphatic rings. The molecular formula is C9H17N3O2S. The fraction of sp³-hybridized carbons (Fsp3) is 0.667. The van der Waals surface area contributed by atoms with Gasteiger partial charge in [-0.1, -0.05) is 12.2 Å². The zero-order chi connectivity index (χ0) is 12.1. The molecular weight excluding hydrogens is 214 g/mol. The third-order valence-electron chi connectivity index (χ3n) is 2.07. The molecule has 0 heterocycles. The van der Waals surface area contributed by atoms with Crippen molar-refractivity contribution in [3.05, 3.63) is 0 Å². The molecule has 15 heavy (non-hydrogen) atoms. The van der Waals surface area contributed by atoms with Gasteiger partial charge >= 0.3 is 0 Å². The van der Waals surface area contributed by atoms with Crippen LogP contribution < -0.4 is 16.8 Å². The van der Waals surface area contributed by atoms with Crippen LogP contribution in [0.3, 0.4) is 0 Å². The Bertz CT molecular complexity index is 277. The van der Waals surface area contributed by atoms with Crippen LogP contribution in [-0.4, -0.2) is 23.3 Å². The van der Waals surface area contributed by atoms with Gasteiger partial charge in [0.05, 0.1) is 10.4 Å². The SMILES string of the molecule is CC(C)(C(=O)NCCCC(N)=O)C(N)=S. The standard InChI is InChI=1S/C9H17N3O2S/c1-9(2,7(11)15)8(14)12-5-3-4-6(10)13/h3-5H2,1-2H3,(H2,10,13)(H2,11,15)(H,12,14). The van der Waals surface area contributed by atoms with Crippen molar-refractivity contribution in [3.63, 3.8) is 0 Å². The van der Waals surface area contributed by atoms with Gasteiger partial charge in [0.25, 0.3) is 0 Å². The van der Waals surface area contributed by atoms with Gasteiger partial charge in [0.2, 0.25) is 11.8 Å². The van der Waals surface area contributed by atoms with E-state index in [0.29, 0.717) is 13.0 Å². The van der Waals surface area contributed by atoms with Crippen LogP contribution in [0.4, 0.5) is 0 Å². The third kappa shape index (κ3) is 4.73. The average molecular weight is 231 g/mol. The quantitative estimate of drug-likeness (QED) is 0.431. The molecule has 0 fully saturated rings. The van der Waals surface area contributed by atoms with Crippen molar-refractivity contribution in [1.29, 1.82) is 0 Å². The molecule has 0 saturated heterocycles. The molecule has 0 radical (unpaired) electrons. The summed E-state index contributed by atoms with van der Waals surface area (Å²) < 4.78 is 0. The minimum absolute atomic E-state index is 0.148.